The number of piperidine rings is 1. The number of benzene rings is 1. The summed E-state index contributed by atoms with van der Waals surface area (Å²) in [6.45, 7) is 4.87. The molecule has 1 aliphatic rings. The van der Waals surface area contributed by atoms with E-state index in [2.05, 4.69) is 22.5 Å². The molecule has 1 aliphatic heterocycles. The Morgan fingerprint density at radius 3 is 2.67 bits per heavy atom. The maximum Gasteiger partial charge on any atom is 0.251 e. The highest BCUT2D eigenvalue weighted by molar-refractivity contribution is 5.97. The first kappa shape index (κ1) is 15.3. The van der Waals surface area contributed by atoms with Gasteiger partial charge in [0.1, 0.15) is 0 Å². The fourth-order valence-electron chi connectivity index (χ4n) is 2.28. The zero-order valence-corrected chi connectivity index (χ0v) is 12.0. The van der Waals surface area contributed by atoms with Crippen molar-refractivity contribution >= 4 is 17.5 Å². The molecular formula is C16H21N3O2. The number of rotatable bonds is 5. The smallest absolute Gasteiger partial charge is 0.251 e. The fourth-order valence-corrected chi connectivity index (χ4v) is 2.28. The summed E-state index contributed by atoms with van der Waals surface area (Å²) in [4.78, 5) is 23.8. The zero-order valence-electron chi connectivity index (χ0n) is 12.0. The number of carbonyl (C=O) groups excluding carboxylic acids is 2. The molecule has 2 rings (SSSR count). The molecule has 3 N–H and O–H groups in total. The van der Waals surface area contributed by atoms with Gasteiger partial charge < -0.3 is 16.0 Å². The molecule has 21 heavy (non-hydrogen) atoms. The molecule has 0 aliphatic carbocycles. The Morgan fingerprint density at radius 2 is 2.05 bits per heavy atom. The lowest BCUT2D eigenvalue weighted by Gasteiger charge is -2.22. The molecule has 5 nitrogen and oxygen atoms in total. The van der Waals surface area contributed by atoms with Crippen molar-refractivity contribution in [3.8, 4) is 0 Å². The number of anilines is 1. The number of hydrogen-bond donors (Lipinski definition) is 3. The van der Waals surface area contributed by atoms with Gasteiger partial charge in [-0.3, -0.25) is 9.59 Å². The van der Waals surface area contributed by atoms with Crippen molar-refractivity contribution in [2.75, 3.05) is 18.4 Å². The van der Waals surface area contributed by atoms with E-state index in [1.54, 1.807) is 30.3 Å². The van der Waals surface area contributed by atoms with Crippen LogP contribution in [0.5, 0.6) is 0 Å². The van der Waals surface area contributed by atoms with Crippen molar-refractivity contribution in [1.29, 1.82) is 0 Å². The van der Waals surface area contributed by atoms with Crippen molar-refractivity contribution in [3.63, 3.8) is 0 Å². The summed E-state index contributed by atoms with van der Waals surface area (Å²) in [5.74, 6) is -0.166. The van der Waals surface area contributed by atoms with Gasteiger partial charge in [0.15, 0.2) is 0 Å². The number of hydrogen-bond acceptors (Lipinski definition) is 3. The Balaban J connectivity index is 1.91. The summed E-state index contributed by atoms with van der Waals surface area (Å²) >= 11 is 0. The van der Waals surface area contributed by atoms with Gasteiger partial charge >= 0.3 is 0 Å². The largest absolute Gasteiger partial charge is 0.349 e. The standard InChI is InChI=1S/C16H21N3O2/c1-2-10-18-15(20)12-6-8-13(9-7-12)19-16(21)14-5-3-4-11-17-14/h2,6-9,14,17H,1,3-5,10-11H2,(H,18,20)(H,19,21)/t14-/m0/s1. The van der Waals surface area contributed by atoms with Crippen LogP contribution in [-0.2, 0) is 4.79 Å². The maximum atomic E-state index is 12.1. The van der Waals surface area contributed by atoms with Crippen molar-refractivity contribution in [2.24, 2.45) is 0 Å². The lowest BCUT2D eigenvalue weighted by Crippen LogP contribution is -2.43. The molecule has 1 atom stereocenters. The van der Waals surface area contributed by atoms with E-state index in [1.165, 1.54) is 0 Å². The van der Waals surface area contributed by atoms with E-state index in [0.717, 1.165) is 25.8 Å². The summed E-state index contributed by atoms with van der Waals surface area (Å²) in [6.07, 6.45) is 4.70. The summed E-state index contributed by atoms with van der Waals surface area (Å²) < 4.78 is 0. The molecule has 0 saturated carbocycles. The third-order valence-electron chi connectivity index (χ3n) is 3.45. The van der Waals surface area contributed by atoms with Crippen LogP contribution in [0.4, 0.5) is 5.69 Å². The van der Waals surface area contributed by atoms with Crippen molar-refractivity contribution in [2.45, 2.75) is 25.3 Å². The summed E-state index contributed by atoms with van der Waals surface area (Å²) in [5.41, 5.74) is 1.26. The monoisotopic (exact) mass is 287 g/mol. The summed E-state index contributed by atoms with van der Waals surface area (Å²) in [6, 6.07) is 6.76. The van der Waals surface area contributed by atoms with Crippen LogP contribution in [0.2, 0.25) is 0 Å². The Morgan fingerprint density at radius 1 is 1.29 bits per heavy atom. The van der Waals surface area contributed by atoms with Gasteiger partial charge in [-0.2, -0.15) is 0 Å². The molecule has 1 aromatic carbocycles. The van der Waals surface area contributed by atoms with Crippen LogP contribution in [0.15, 0.2) is 36.9 Å². The topological polar surface area (TPSA) is 70.2 Å². The Bertz CT molecular complexity index is 505. The van der Waals surface area contributed by atoms with E-state index in [-0.39, 0.29) is 17.9 Å². The Labute approximate surface area is 124 Å². The highest BCUT2D eigenvalue weighted by Gasteiger charge is 2.20. The minimum atomic E-state index is -0.151. The molecule has 0 aromatic heterocycles. The SMILES string of the molecule is C=CCNC(=O)c1ccc(NC(=O)[C@@H]2CCCCN2)cc1. The predicted octanol–water partition coefficient (Wildman–Crippen LogP) is 1.68. The lowest BCUT2D eigenvalue weighted by molar-refractivity contribution is -0.118. The Kier molecular flexibility index (Phi) is 5.51. The van der Waals surface area contributed by atoms with Crippen molar-refractivity contribution in [1.82, 2.24) is 10.6 Å². The maximum absolute atomic E-state index is 12.1. The molecule has 0 radical (unpaired) electrons. The van der Waals surface area contributed by atoms with Crippen molar-refractivity contribution in [3.05, 3.63) is 42.5 Å². The molecule has 2 amide bonds. The molecule has 0 unspecified atom stereocenters. The van der Waals surface area contributed by atoms with Crippen LogP contribution in [0, 0.1) is 0 Å². The molecule has 5 heteroatoms. The molecular weight excluding hydrogens is 266 g/mol. The predicted molar refractivity (Wildman–Crippen MR) is 83.2 cm³/mol. The number of nitrogens with one attached hydrogen (secondary N) is 3. The van der Waals surface area contributed by atoms with Gasteiger partial charge in [-0.15, -0.1) is 6.58 Å². The van der Waals surface area contributed by atoms with Gasteiger partial charge in [-0.1, -0.05) is 12.5 Å². The third kappa shape index (κ3) is 4.43. The van der Waals surface area contributed by atoms with E-state index in [0.29, 0.717) is 17.8 Å². The van der Waals surface area contributed by atoms with Gasteiger partial charge in [-0.05, 0) is 43.7 Å². The van der Waals surface area contributed by atoms with Crippen LogP contribution in [-0.4, -0.2) is 30.9 Å². The first-order valence-electron chi connectivity index (χ1n) is 7.24. The first-order valence-corrected chi connectivity index (χ1v) is 7.24. The van der Waals surface area contributed by atoms with Crippen molar-refractivity contribution < 1.29 is 9.59 Å². The van der Waals surface area contributed by atoms with Crippen LogP contribution < -0.4 is 16.0 Å². The van der Waals surface area contributed by atoms with E-state index in [9.17, 15) is 9.59 Å². The second-order valence-corrected chi connectivity index (χ2v) is 5.07. The minimum Gasteiger partial charge on any atom is -0.349 e. The second-order valence-electron chi connectivity index (χ2n) is 5.07. The quantitative estimate of drug-likeness (QED) is 0.722. The molecule has 1 fully saturated rings. The molecule has 0 bridgehead atoms. The summed E-state index contributed by atoms with van der Waals surface area (Å²) in [7, 11) is 0. The van der Waals surface area contributed by atoms with Crippen LogP contribution in [0.25, 0.3) is 0 Å². The van der Waals surface area contributed by atoms with Crippen LogP contribution in [0.1, 0.15) is 29.6 Å². The third-order valence-corrected chi connectivity index (χ3v) is 3.45. The van der Waals surface area contributed by atoms with Crippen LogP contribution in [0.3, 0.4) is 0 Å². The van der Waals surface area contributed by atoms with E-state index in [4.69, 9.17) is 0 Å². The second kappa shape index (κ2) is 7.59. The number of amides is 2. The number of carbonyl (C=O) groups is 2. The molecule has 1 heterocycles. The van der Waals surface area contributed by atoms with Gasteiger partial charge in [0.05, 0.1) is 6.04 Å². The molecule has 1 aromatic rings. The van der Waals surface area contributed by atoms with Gasteiger partial charge in [0.25, 0.3) is 5.91 Å². The zero-order chi connectivity index (χ0) is 15.1. The average Bonchev–Trinajstić information content (AvgIpc) is 2.54. The van der Waals surface area contributed by atoms with Gasteiger partial charge in [0.2, 0.25) is 5.91 Å². The Hall–Kier alpha value is -2.14. The van der Waals surface area contributed by atoms with E-state index < -0.39 is 0 Å². The highest BCUT2D eigenvalue weighted by Crippen LogP contribution is 2.13. The minimum absolute atomic E-state index is 0.0152. The van der Waals surface area contributed by atoms with E-state index >= 15 is 0 Å². The van der Waals surface area contributed by atoms with Gasteiger partial charge in [0, 0.05) is 17.8 Å². The highest BCUT2D eigenvalue weighted by atomic mass is 16.2. The average molecular weight is 287 g/mol. The van der Waals surface area contributed by atoms with E-state index in [1.807, 2.05) is 0 Å². The normalized spacial score (nSPS) is 17.8. The summed E-state index contributed by atoms with van der Waals surface area (Å²) in [5, 5.41) is 8.78. The lowest BCUT2D eigenvalue weighted by atomic mass is 10.0. The fraction of sp³-hybridized carbons (Fsp3) is 0.375. The molecule has 1 saturated heterocycles. The molecule has 112 valence electrons. The molecule has 0 spiro atoms. The van der Waals surface area contributed by atoms with Gasteiger partial charge in [-0.25, -0.2) is 0 Å². The first-order chi connectivity index (χ1) is 10.2. The van der Waals surface area contributed by atoms with Crippen LogP contribution >= 0.6 is 0 Å².